The first kappa shape index (κ1) is 9.49. The van der Waals surface area contributed by atoms with Crippen LogP contribution in [0.5, 0.6) is 0 Å². The van der Waals surface area contributed by atoms with Crippen LogP contribution in [0.25, 0.3) is 6.08 Å². The van der Waals surface area contributed by atoms with Gasteiger partial charge in [-0.25, -0.2) is 0 Å². The Morgan fingerprint density at radius 1 is 1.33 bits per heavy atom. The third kappa shape index (κ3) is 2.80. The highest BCUT2D eigenvalue weighted by Crippen LogP contribution is 2.06. The van der Waals surface area contributed by atoms with Gasteiger partial charge >= 0.3 is 0 Å². The molecule has 1 rings (SSSR count). The topological polar surface area (TPSA) is 9.23 Å². The molecule has 0 aliphatic carbocycles. The van der Waals surface area contributed by atoms with Crippen molar-refractivity contribution in [3.63, 3.8) is 0 Å². The van der Waals surface area contributed by atoms with Crippen LogP contribution in [0.15, 0.2) is 30.8 Å². The van der Waals surface area contributed by atoms with Crippen LogP contribution in [0.1, 0.15) is 11.1 Å². The Kier molecular flexibility index (Phi) is 4.05. The summed E-state index contributed by atoms with van der Waals surface area (Å²) in [4.78, 5) is 0. The third-order valence-electron chi connectivity index (χ3n) is 1.68. The lowest BCUT2D eigenvalue weighted by Gasteiger charge is -1.99. The van der Waals surface area contributed by atoms with Crippen molar-refractivity contribution >= 4 is 22.3 Å². The van der Waals surface area contributed by atoms with Gasteiger partial charge in [0.15, 0.2) is 0 Å². The van der Waals surface area contributed by atoms with Crippen molar-refractivity contribution in [1.29, 1.82) is 0 Å². The zero-order chi connectivity index (χ0) is 8.81. The van der Waals surface area contributed by atoms with Gasteiger partial charge in [0, 0.05) is 0 Å². The Balaban J connectivity index is 2.58. The Labute approximate surface area is 81.5 Å². The summed E-state index contributed by atoms with van der Waals surface area (Å²) in [6.45, 7) is 4.39. The molecule has 0 aliphatic rings. The number of hydrogen-bond acceptors (Lipinski definition) is 1. The fraction of sp³-hybridized carbons (Fsp3) is 0.200. The maximum atomic E-state index is 4.79. The SMILES string of the molecule is C=Cc1ccc(CCOBr)cc1. The first-order valence-corrected chi connectivity index (χ1v) is 4.46. The van der Waals surface area contributed by atoms with E-state index < -0.39 is 0 Å². The van der Waals surface area contributed by atoms with Crippen molar-refractivity contribution in [3.8, 4) is 0 Å². The molecule has 0 radical (unpaired) electrons. The number of hydrogen-bond donors (Lipinski definition) is 0. The van der Waals surface area contributed by atoms with Crippen molar-refractivity contribution in [2.75, 3.05) is 6.61 Å². The molecule has 0 bridgehead atoms. The van der Waals surface area contributed by atoms with Gasteiger partial charge in [0.05, 0.1) is 22.9 Å². The van der Waals surface area contributed by atoms with Gasteiger partial charge in [-0.05, 0) is 17.5 Å². The Morgan fingerprint density at radius 3 is 2.50 bits per heavy atom. The molecule has 1 nitrogen and oxygen atoms in total. The van der Waals surface area contributed by atoms with Crippen LogP contribution in [-0.4, -0.2) is 6.61 Å². The van der Waals surface area contributed by atoms with Crippen LogP contribution in [-0.2, 0) is 10.2 Å². The largest absolute Gasteiger partial charge is 0.308 e. The minimum Gasteiger partial charge on any atom is -0.308 e. The second-order valence-electron chi connectivity index (χ2n) is 2.51. The van der Waals surface area contributed by atoms with E-state index in [2.05, 4.69) is 47.1 Å². The molecule has 0 unspecified atom stereocenters. The molecule has 0 aromatic heterocycles. The molecule has 0 aliphatic heterocycles. The summed E-state index contributed by atoms with van der Waals surface area (Å²) in [5.41, 5.74) is 2.43. The zero-order valence-electron chi connectivity index (χ0n) is 6.79. The minimum absolute atomic E-state index is 0.702. The lowest BCUT2D eigenvalue weighted by molar-refractivity contribution is 0.402. The van der Waals surface area contributed by atoms with Gasteiger partial charge in [0.25, 0.3) is 0 Å². The van der Waals surface area contributed by atoms with Crippen molar-refractivity contribution in [3.05, 3.63) is 42.0 Å². The van der Waals surface area contributed by atoms with E-state index in [0.717, 1.165) is 12.0 Å². The van der Waals surface area contributed by atoms with E-state index >= 15 is 0 Å². The maximum absolute atomic E-state index is 4.79. The third-order valence-corrected chi connectivity index (χ3v) is 2.01. The Morgan fingerprint density at radius 2 is 2.00 bits per heavy atom. The zero-order valence-corrected chi connectivity index (χ0v) is 8.38. The molecule has 0 saturated carbocycles. The molecule has 0 N–H and O–H groups in total. The predicted molar refractivity (Wildman–Crippen MR) is 55.1 cm³/mol. The molecule has 0 saturated heterocycles. The van der Waals surface area contributed by atoms with Gasteiger partial charge < -0.3 is 3.83 Å². The van der Waals surface area contributed by atoms with E-state index in [4.69, 9.17) is 3.83 Å². The predicted octanol–water partition coefficient (Wildman–Crippen LogP) is 3.20. The summed E-state index contributed by atoms with van der Waals surface area (Å²) in [5, 5.41) is 0. The smallest absolute Gasteiger partial charge is 0.0987 e. The number of halogens is 1. The van der Waals surface area contributed by atoms with Crippen molar-refractivity contribution in [1.82, 2.24) is 0 Å². The molecule has 0 atom stereocenters. The molecule has 2 heteroatoms. The number of rotatable bonds is 4. The van der Waals surface area contributed by atoms with Crippen molar-refractivity contribution in [2.24, 2.45) is 0 Å². The molecule has 0 amide bonds. The van der Waals surface area contributed by atoms with Crippen molar-refractivity contribution < 1.29 is 3.83 Å². The standard InChI is InChI=1S/C10H11BrO/c1-2-9-3-5-10(6-4-9)7-8-12-11/h2-6H,1,7-8H2. The van der Waals surface area contributed by atoms with Gasteiger partial charge in [-0.15, -0.1) is 0 Å². The average molecular weight is 227 g/mol. The monoisotopic (exact) mass is 226 g/mol. The van der Waals surface area contributed by atoms with Gasteiger partial charge in [0.2, 0.25) is 0 Å². The van der Waals surface area contributed by atoms with Crippen LogP contribution in [0.3, 0.4) is 0 Å². The van der Waals surface area contributed by atoms with E-state index in [0.29, 0.717) is 6.61 Å². The second kappa shape index (κ2) is 5.12. The molecule has 0 spiro atoms. The van der Waals surface area contributed by atoms with E-state index in [9.17, 15) is 0 Å². The van der Waals surface area contributed by atoms with Crippen LogP contribution in [0.2, 0.25) is 0 Å². The van der Waals surface area contributed by atoms with Crippen LogP contribution in [0, 0.1) is 0 Å². The van der Waals surface area contributed by atoms with Crippen LogP contribution < -0.4 is 0 Å². The first-order chi connectivity index (χ1) is 5.86. The maximum Gasteiger partial charge on any atom is 0.0987 e. The summed E-state index contributed by atoms with van der Waals surface area (Å²) in [7, 11) is 0. The van der Waals surface area contributed by atoms with Gasteiger partial charge in [-0.2, -0.15) is 0 Å². The molecule has 1 aromatic carbocycles. The highest BCUT2D eigenvalue weighted by Gasteiger charge is 1.91. The average Bonchev–Trinajstić information content (AvgIpc) is 2.15. The fourth-order valence-electron chi connectivity index (χ4n) is 0.977. The highest BCUT2D eigenvalue weighted by atomic mass is 79.9. The summed E-state index contributed by atoms with van der Waals surface area (Å²) in [5.74, 6) is 0. The molecule has 64 valence electrons. The van der Waals surface area contributed by atoms with E-state index in [1.54, 1.807) is 0 Å². The van der Waals surface area contributed by atoms with Gasteiger partial charge in [0.1, 0.15) is 0 Å². The lowest BCUT2D eigenvalue weighted by Crippen LogP contribution is -1.90. The molecule has 12 heavy (non-hydrogen) atoms. The Bertz CT molecular complexity index is 241. The summed E-state index contributed by atoms with van der Waals surface area (Å²) < 4.78 is 4.79. The number of benzene rings is 1. The molecule has 0 heterocycles. The molecule has 1 aromatic rings. The highest BCUT2D eigenvalue weighted by molar-refractivity contribution is 9.06. The summed E-state index contributed by atoms with van der Waals surface area (Å²) in [6, 6.07) is 8.28. The van der Waals surface area contributed by atoms with Crippen molar-refractivity contribution in [2.45, 2.75) is 6.42 Å². The van der Waals surface area contributed by atoms with Crippen LogP contribution in [0.4, 0.5) is 0 Å². The van der Waals surface area contributed by atoms with E-state index in [1.807, 2.05) is 6.08 Å². The first-order valence-electron chi connectivity index (χ1n) is 3.81. The second-order valence-corrected chi connectivity index (χ2v) is 2.97. The molecule has 0 fully saturated rings. The van der Waals surface area contributed by atoms with E-state index in [1.165, 1.54) is 5.56 Å². The summed E-state index contributed by atoms with van der Waals surface area (Å²) in [6.07, 6.45) is 2.77. The minimum atomic E-state index is 0.702. The van der Waals surface area contributed by atoms with E-state index in [-0.39, 0.29) is 0 Å². The fourth-order valence-corrected chi connectivity index (χ4v) is 1.14. The Hall–Kier alpha value is -0.600. The summed E-state index contributed by atoms with van der Waals surface area (Å²) >= 11 is 2.92. The van der Waals surface area contributed by atoms with Gasteiger partial charge in [-0.1, -0.05) is 36.9 Å². The molecular weight excluding hydrogens is 216 g/mol. The normalized spacial score (nSPS) is 9.75. The van der Waals surface area contributed by atoms with Crippen LogP contribution >= 0.6 is 16.3 Å². The van der Waals surface area contributed by atoms with Gasteiger partial charge in [-0.3, -0.25) is 0 Å². The molecular formula is C10H11BrO. The quantitative estimate of drug-likeness (QED) is 0.767. The lowest BCUT2D eigenvalue weighted by atomic mass is 10.1.